The monoisotopic (exact) mass is 252 g/mol. The number of carbonyl (C=O) groups excluding carboxylic acids is 1. The number of hydrogen-bond acceptors (Lipinski definition) is 3. The molecule has 0 aliphatic rings. The lowest BCUT2D eigenvalue weighted by atomic mass is 10.0. The molecular weight excluding hydrogens is 244 g/mol. The molecular formula is C12H9ClO2S. The third-order valence-electron chi connectivity index (χ3n) is 2.26. The first-order valence-corrected chi connectivity index (χ1v) is 5.93. The molecule has 0 unspecified atom stereocenters. The number of hydrogen-bond donors (Lipinski definition) is 1. The summed E-state index contributed by atoms with van der Waals surface area (Å²) in [6, 6.07) is 7.16. The molecule has 0 aliphatic carbocycles. The van der Waals surface area contributed by atoms with E-state index in [1.165, 1.54) is 11.3 Å². The van der Waals surface area contributed by atoms with E-state index in [9.17, 15) is 4.79 Å². The maximum Gasteiger partial charge on any atom is 0.150 e. The minimum absolute atomic E-state index is 0.0869. The molecule has 0 saturated heterocycles. The lowest BCUT2D eigenvalue weighted by molar-refractivity contribution is 0.112. The SMILES string of the molecule is O=Cc1cc(CO)cc(-c2ccsc2Cl)c1. The summed E-state index contributed by atoms with van der Waals surface area (Å²) < 4.78 is 0.687. The third kappa shape index (κ3) is 2.16. The molecule has 1 aromatic heterocycles. The van der Waals surface area contributed by atoms with Gasteiger partial charge in [0.1, 0.15) is 10.6 Å². The fourth-order valence-corrected chi connectivity index (χ4v) is 2.50. The zero-order valence-corrected chi connectivity index (χ0v) is 9.89. The van der Waals surface area contributed by atoms with Crippen LogP contribution in [0.4, 0.5) is 0 Å². The third-order valence-corrected chi connectivity index (χ3v) is 3.43. The van der Waals surface area contributed by atoms with Crippen molar-refractivity contribution in [3.63, 3.8) is 0 Å². The summed E-state index contributed by atoms with van der Waals surface area (Å²) in [6.45, 7) is -0.0869. The summed E-state index contributed by atoms with van der Waals surface area (Å²) in [7, 11) is 0. The molecule has 0 aliphatic heterocycles. The van der Waals surface area contributed by atoms with E-state index in [2.05, 4.69) is 0 Å². The van der Waals surface area contributed by atoms with Crippen LogP contribution in [0.5, 0.6) is 0 Å². The highest BCUT2D eigenvalue weighted by Crippen LogP contribution is 2.33. The molecule has 0 saturated carbocycles. The van der Waals surface area contributed by atoms with E-state index in [1.807, 2.05) is 17.5 Å². The van der Waals surface area contributed by atoms with Crippen molar-refractivity contribution in [2.24, 2.45) is 0 Å². The minimum atomic E-state index is -0.0869. The molecule has 0 amide bonds. The van der Waals surface area contributed by atoms with Gasteiger partial charge in [0.2, 0.25) is 0 Å². The largest absolute Gasteiger partial charge is 0.392 e. The van der Waals surface area contributed by atoms with Gasteiger partial charge in [-0.1, -0.05) is 11.6 Å². The first kappa shape index (κ1) is 11.3. The van der Waals surface area contributed by atoms with Gasteiger partial charge in [-0.3, -0.25) is 4.79 Å². The number of aliphatic hydroxyl groups is 1. The van der Waals surface area contributed by atoms with E-state index < -0.39 is 0 Å². The number of thiophene rings is 1. The van der Waals surface area contributed by atoms with Gasteiger partial charge in [-0.15, -0.1) is 11.3 Å². The lowest BCUT2D eigenvalue weighted by Crippen LogP contribution is -1.89. The molecule has 0 fully saturated rings. The van der Waals surface area contributed by atoms with Crippen molar-refractivity contribution < 1.29 is 9.90 Å². The molecule has 4 heteroatoms. The van der Waals surface area contributed by atoms with E-state index in [-0.39, 0.29) is 6.61 Å². The molecule has 0 bridgehead atoms. The fourth-order valence-electron chi connectivity index (χ4n) is 1.53. The summed E-state index contributed by atoms with van der Waals surface area (Å²) in [5, 5.41) is 11.0. The smallest absolute Gasteiger partial charge is 0.150 e. The van der Waals surface area contributed by atoms with Crippen LogP contribution >= 0.6 is 22.9 Å². The molecule has 2 nitrogen and oxygen atoms in total. The summed E-state index contributed by atoms with van der Waals surface area (Å²) in [5.41, 5.74) is 3.01. The van der Waals surface area contributed by atoms with Crippen molar-refractivity contribution >= 4 is 29.2 Å². The van der Waals surface area contributed by atoms with Crippen LogP contribution in [0, 0.1) is 0 Å². The number of halogens is 1. The number of carbonyl (C=O) groups is 1. The Bertz CT molecular complexity index is 519. The lowest BCUT2D eigenvalue weighted by Gasteiger charge is -2.04. The Kier molecular flexibility index (Phi) is 3.39. The summed E-state index contributed by atoms with van der Waals surface area (Å²) in [6.07, 6.45) is 0.767. The highest BCUT2D eigenvalue weighted by atomic mass is 35.5. The van der Waals surface area contributed by atoms with Gasteiger partial charge in [0.15, 0.2) is 0 Å². The summed E-state index contributed by atoms with van der Waals surface area (Å²) in [4.78, 5) is 10.8. The zero-order chi connectivity index (χ0) is 11.5. The average molecular weight is 253 g/mol. The van der Waals surface area contributed by atoms with Crippen LogP contribution in [-0.2, 0) is 6.61 Å². The summed E-state index contributed by atoms with van der Waals surface area (Å²) in [5.74, 6) is 0. The van der Waals surface area contributed by atoms with Crippen molar-refractivity contribution in [2.75, 3.05) is 0 Å². The molecule has 0 radical (unpaired) electrons. The normalized spacial score (nSPS) is 10.4. The molecule has 82 valence electrons. The Morgan fingerprint density at radius 3 is 2.75 bits per heavy atom. The van der Waals surface area contributed by atoms with Crippen molar-refractivity contribution in [1.82, 2.24) is 0 Å². The minimum Gasteiger partial charge on any atom is -0.392 e. The highest BCUT2D eigenvalue weighted by Gasteiger charge is 2.07. The molecule has 1 aromatic carbocycles. The Labute approximate surface area is 102 Å². The van der Waals surface area contributed by atoms with E-state index in [4.69, 9.17) is 16.7 Å². The molecule has 2 aromatic rings. The quantitative estimate of drug-likeness (QED) is 0.851. The predicted octanol–water partition coefficient (Wildman–Crippen LogP) is 3.37. The maximum atomic E-state index is 10.8. The van der Waals surface area contributed by atoms with E-state index in [1.54, 1.807) is 12.1 Å². The zero-order valence-electron chi connectivity index (χ0n) is 8.31. The fraction of sp³-hybridized carbons (Fsp3) is 0.0833. The average Bonchev–Trinajstić information content (AvgIpc) is 2.74. The highest BCUT2D eigenvalue weighted by molar-refractivity contribution is 7.15. The Hall–Kier alpha value is -1.16. The van der Waals surface area contributed by atoms with Gasteiger partial charge in [-0.25, -0.2) is 0 Å². The van der Waals surface area contributed by atoms with Crippen LogP contribution in [0.25, 0.3) is 11.1 Å². The van der Waals surface area contributed by atoms with Crippen molar-refractivity contribution in [3.8, 4) is 11.1 Å². The number of aldehydes is 1. The first-order chi connectivity index (χ1) is 7.74. The molecule has 16 heavy (non-hydrogen) atoms. The van der Waals surface area contributed by atoms with Gasteiger partial charge >= 0.3 is 0 Å². The van der Waals surface area contributed by atoms with E-state index in [0.717, 1.165) is 17.4 Å². The molecule has 2 rings (SSSR count). The van der Waals surface area contributed by atoms with Gasteiger partial charge in [-0.2, -0.15) is 0 Å². The van der Waals surface area contributed by atoms with Gasteiger partial charge in [0, 0.05) is 11.1 Å². The van der Waals surface area contributed by atoms with Crippen LogP contribution in [0.1, 0.15) is 15.9 Å². The van der Waals surface area contributed by atoms with Crippen molar-refractivity contribution in [3.05, 3.63) is 45.1 Å². The molecule has 1 heterocycles. The topological polar surface area (TPSA) is 37.3 Å². The standard InChI is InChI=1S/C12H9ClO2S/c13-12-11(1-2-16-12)10-4-8(6-14)3-9(5-10)7-15/h1-6,15H,7H2. The second-order valence-corrected chi connectivity index (χ2v) is 4.87. The Balaban J connectivity index is 2.56. The van der Waals surface area contributed by atoms with E-state index in [0.29, 0.717) is 15.5 Å². The van der Waals surface area contributed by atoms with Crippen molar-refractivity contribution in [1.29, 1.82) is 0 Å². The van der Waals surface area contributed by atoms with Crippen LogP contribution in [0.3, 0.4) is 0 Å². The predicted molar refractivity (Wildman–Crippen MR) is 66.1 cm³/mol. The first-order valence-electron chi connectivity index (χ1n) is 4.68. The molecule has 1 N–H and O–H groups in total. The van der Waals surface area contributed by atoms with Crippen LogP contribution in [-0.4, -0.2) is 11.4 Å². The molecule has 0 atom stereocenters. The van der Waals surface area contributed by atoms with Gasteiger partial charge < -0.3 is 5.11 Å². The Morgan fingerprint density at radius 1 is 1.38 bits per heavy atom. The number of rotatable bonds is 3. The summed E-state index contributed by atoms with van der Waals surface area (Å²) >= 11 is 7.47. The van der Waals surface area contributed by atoms with Crippen LogP contribution < -0.4 is 0 Å². The van der Waals surface area contributed by atoms with Gasteiger partial charge in [-0.05, 0) is 40.8 Å². The van der Waals surface area contributed by atoms with E-state index >= 15 is 0 Å². The van der Waals surface area contributed by atoms with Crippen LogP contribution in [0.2, 0.25) is 4.34 Å². The number of benzene rings is 1. The Morgan fingerprint density at radius 2 is 2.19 bits per heavy atom. The second-order valence-electron chi connectivity index (χ2n) is 3.35. The van der Waals surface area contributed by atoms with Gasteiger partial charge in [0.25, 0.3) is 0 Å². The number of aliphatic hydroxyl groups excluding tert-OH is 1. The second kappa shape index (κ2) is 4.78. The maximum absolute atomic E-state index is 10.8. The molecule has 0 spiro atoms. The van der Waals surface area contributed by atoms with Gasteiger partial charge in [0.05, 0.1) is 6.61 Å². The van der Waals surface area contributed by atoms with Crippen LogP contribution in [0.15, 0.2) is 29.6 Å². The van der Waals surface area contributed by atoms with Crippen molar-refractivity contribution in [2.45, 2.75) is 6.61 Å².